The molecule has 1 aromatic carbocycles. The number of H-pyrrole nitrogens is 1. The second-order valence-electron chi connectivity index (χ2n) is 7.15. The van der Waals surface area contributed by atoms with E-state index in [1.807, 2.05) is 27.7 Å². The molecule has 0 unspecified atom stereocenters. The van der Waals surface area contributed by atoms with Crippen LogP contribution < -0.4 is 21.3 Å². The van der Waals surface area contributed by atoms with E-state index in [0.717, 1.165) is 13.2 Å². The molecule has 0 aliphatic heterocycles. The SMILES string of the molecule is CC(C)c1cc(F)cc(C(C)C)c1NC(=O)NS(=O)(=O)c1c[nH]c(=O)n(C)c1=O. The fraction of sp³-hybridized carbons (Fsp3) is 0.389. The highest BCUT2D eigenvalue weighted by molar-refractivity contribution is 7.90. The van der Waals surface area contributed by atoms with Gasteiger partial charge in [0.2, 0.25) is 0 Å². The molecule has 2 aromatic rings. The molecule has 158 valence electrons. The summed E-state index contributed by atoms with van der Waals surface area (Å²) < 4.78 is 41.2. The van der Waals surface area contributed by atoms with Crippen molar-refractivity contribution in [3.8, 4) is 0 Å². The van der Waals surface area contributed by atoms with Gasteiger partial charge in [-0.05, 0) is 35.1 Å². The fourth-order valence-corrected chi connectivity index (χ4v) is 3.74. The summed E-state index contributed by atoms with van der Waals surface area (Å²) >= 11 is 0. The highest BCUT2D eigenvalue weighted by Crippen LogP contribution is 2.33. The maximum atomic E-state index is 14.0. The smallest absolute Gasteiger partial charge is 0.313 e. The third kappa shape index (κ3) is 4.73. The van der Waals surface area contributed by atoms with Crippen molar-refractivity contribution < 1.29 is 17.6 Å². The van der Waals surface area contributed by atoms with E-state index in [0.29, 0.717) is 21.4 Å². The number of hydrogen-bond donors (Lipinski definition) is 3. The fourth-order valence-electron chi connectivity index (χ4n) is 2.76. The first-order valence-electron chi connectivity index (χ1n) is 8.81. The van der Waals surface area contributed by atoms with Crippen molar-refractivity contribution in [2.45, 2.75) is 44.4 Å². The van der Waals surface area contributed by atoms with E-state index in [4.69, 9.17) is 0 Å². The van der Waals surface area contributed by atoms with Crippen LogP contribution in [0.15, 0.2) is 32.8 Å². The number of sulfonamides is 1. The van der Waals surface area contributed by atoms with Crippen LogP contribution in [0, 0.1) is 5.82 Å². The molecule has 0 spiro atoms. The third-order valence-electron chi connectivity index (χ3n) is 4.31. The van der Waals surface area contributed by atoms with Crippen LogP contribution in [0.3, 0.4) is 0 Å². The highest BCUT2D eigenvalue weighted by Gasteiger charge is 2.25. The molecule has 0 saturated heterocycles. The van der Waals surface area contributed by atoms with E-state index in [2.05, 4.69) is 10.3 Å². The molecular formula is C18H23FN4O5S. The predicted octanol–water partition coefficient (Wildman–Crippen LogP) is 1.97. The van der Waals surface area contributed by atoms with Crippen molar-refractivity contribution >= 4 is 21.7 Å². The van der Waals surface area contributed by atoms with Gasteiger partial charge in [-0.3, -0.25) is 9.36 Å². The van der Waals surface area contributed by atoms with Gasteiger partial charge in [0.05, 0.1) is 0 Å². The molecule has 9 nitrogen and oxygen atoms in total. The monoisotopic (exact) mass is 426 g/mol. The molecule has 2 rings (SSSR count). The summed E-state index contributed by atoms with van der Waals surface area (Å²) in [5, 5.41) is 2.46. The van der Waals surface area contributed by atoms with Gasteiger partial charge in [-0.15, -0.1) is 0 Å². The number of aromatic amines is 1. The molecule has 0 radical (unpaired) electrons. The van der Waals surface area contributed by atoms with Crippen molar-refractivity contribution in [1.82, 2.24) is 14.3 Å². The molecule has 11 heteroatoms. The lowest BCUT2D eigenvalue weighted by molar-refractivity contribution is 0.256. The Morgan fingerprint density at radius 3 is 2.10 bits per heavy atom. The van der Waals surface area contributed by atoms with Crippen LogP contribution in [0.2, 0.25) is 0 Å². The molecule has 29 heavy (non-hydrogen) atoms. The normalized spacial score (nSPS) is 11.7. The van der Waals surface area contributed by atoms with Gasteiger partial charge in [-0.25, -0.2) is 27.1 Å². The number of nitrogens with zero attached hydrogens (tertiary/aromatic N) is 1. The van der Waals surface area contributed by atoms with Crippen molar-refractivity contribution in [3.05, 3.63) is 56.1 Å². The van der Waals surface area contributed by atoms with Crippen LogP contribution in [0.5, 0.6) is 0 Å². The van der Waals surface area contributed by atoms with Gasteiger partial charge in [0.25, 0.3) is 15.6 Å². The number of amides is 2. The first-order valence-corrected chi connectivity index (χ1v) is 10.3. The van der Waals surface area contributed by atoms with Crippen molar-refractivity contribution in [2.75, 3.05) is 5.32 Å². The highest BCUT2D eigenvalue weighted by atomic mass is 32.2. The second kappa shape index (κ2) is 8.19. The van der Waals surface area contributed by atoms with Crippen LogP contribution in [-0.4, -0.2) is 24.0 Å². The van der Waals surface area contributed by atoms with Gasteiger partial charge in [-0.2, -0.15) is 0 Å². The number of halogens is 1. The molecule has 0 bridgehead atoms. The number of nitrogens with one attached hydrogen (secondary N) is 3. The molecule has 1 aromatic heterocycles. The molecule has 3 N–H and O–H groups in total. The summed E-state index contributed by atoms with van der Waals surface area (Å²) in [6.07, 6.45) is 0.720. The molecule has 0 saturated carbocycles. The van der Waals surface area contributed by atoms with Gasteiger partial charge in [0.15, 0.2) is 4.90 Å². The van der Waals surface area contributed by atoms with E-state index in [9.17, 15) is 27.2 Å². The average Bonchev–Trinajstić information content (AvgIpc) is 2.59. The number of aromatic nitrogens is 2. The van der Waals surface area contributed by atoms with Crippen LogP contribution in [0.25, 0.3) is 0 Å². The van der Waals surface area contributed by atoms with Gasteiger partial charge in [-0.1, -0.05) is 27.7 Å². The molecule has 0 aliphatic carbocycles. The lowest BCUT2D eigenvalue weighted by atomic mass is 9.92. The number of rotatable bonds is 5. The topological polar surface area (TPSA) is 130 Å². The minimum absolute atomic E-state index is 0.151. The lowest BCUT2D eigenvalue weighted by Gasteiger charge is -2.20. The van der Waals surface area contributed by atoms with Crippen molar-refractivity contribution in [2.24, 2.45) is 7.05 Å². The van der Waals surface area contributed by atoms with Gasteiger partial charge in [0.1, 0.15) is 5.82 Å². The zero-order chi connectivity index (χ0) is 22.1. The minimum Gasteiger partial charge on any atom is -0.313 e. The Morgan fingerprint density at radius 2 is 1.62 bits per heavy atom. The molecule has 0 fully saturated rings. The standard InChI is InChI=1S/C18H23FN4O5S/c1-9(2)12-6-11(19)7-13(10(3)4)15(12)21-17(25)22-29(27,28)14-8-20-18(26)23(5)16(14)24/h6-10H,1-5H3,(H,20,26)(H2,21,22,25). The number of urea groups is 1. The maximum Gasteiger partial charge on any atom is 0.333 e. The van der Waals surface area contributed by atoms with Crippen LogP contribution in [0.4, 0.5) is 14.9 Å². The number of carbonyl (C=O) groups excluding carboxylic acids is 1. The molecule has 1 heterocycles. The van der Waals surface area contributed by atoms with Crippen LogP contribution in [-0.2, 0) is 17.1 Å². The lowest BCUT2D eigenvalue weighted by Crippen LogP contribution is -2.41. The second-order valence-corrected chi connectivity index (χ2v) is 8.80. The summed E-state index contributed by atoms with van der Waals surface area (Å²) in [7, 11) is -3.46. The summed E-state index contributed by atoms with van der Waals surface area (Å²) in [5.41, 5.74) is -0.574. The van der Waals surface area contributed by atoms with E-state index in [1.54, 1.807) is 4.72 Å². The third-order valence-corrected chi connectivity index (χ3v) is 5.64. The Hall–Kier alpha value is -2.95. The first-order chi connectivity index (χ1) is 13.3. The minimum atomic E-state index is -4.56. The average molecular weight is 426 g/mol. The van der Waals surface area contributed by atoms with E-state index in [-0.39, 0.29) is 11.8 Å². The Balaban J connectivity index is 2.43. The Kier molecular flexibility index (Phi) is 6.31. The number of hydrogen-bond acceptors (Lipinski definition) is 5. The number of benzene rings is 1. The van der Waals surface area contributed by atoms with Crippen LogP contribution >= 0.6 is 0 Å². The Morgan fingerprint density at radius 1 is 1.10 bits per heavy atom. The van der Waals surface area contributed by atoms with Crippen molar-refractivity contribution in [3.63, 3.8) is 0 Å². The zero-order valence-corrected chi connectivity index (χ0v) is 17.5. The van der Waals surface area contributed by atoms with E-state index < -0.39 is 38.0 Å². The maximum absolute atomic E-state index is 14.0. The zero-order valence-electron chi connectivity index (χ0n) is 16.7. The van der Waals surface area contributed by atoms with E-state index in [1.165, 1.54) is 12.1 Å². The van der Waals surface area contributed by atoms with E-state index >= 15 is 0 Å². The molecular weight excluding hydrogens is 403 g/mol. The Labute approximate surface area is 167 Å². The summed E-state index contributed by atoms with van der Waals surface area (Å²) in [5.74, 6) is -0.768. The Bertz CT molecular complexity index is 1140. The van der Waals surface area contributed by atoms with Crippen LogP contribution in [0.1, 0.15) is 50.7 Å². The molecule has 2 amide bonds. The van der Waals surface area contributed by atoms with Crippen molar-refractivity contribution in [1.29, 1.82) is 0 Å². The molecule has 0 atom stereocenters. The number of anilines is 1. The van der Waals surface area contributed by atoms with Gasteiger partial charge >= 0.3 is 11.7 Å². The molecule has 0 aliphatic rings. The summed E-state index contributed by atoms with van der Waals surface area (Å²) in [6.45, 7) is 7.23. The largest absolute Gasteiger partial charge is 0.333 e. The predicted molar refractivity (Wildman–Crippen MR) is 106 cm³/mol. The summed E-state index contributed by atoms with van der Waals surface area (Å²) in [4.78, 5) is 37.2. The van der Waals surface area contributed by atoms with Gasteiger partial charge < -0.3 is 10.3 Å². The number of carbonyl (C=O) groups is 1. The quantitative estimate of drug-likeness (QED) is 0.673. The summed E-state index contributed by atoms with van der Waals surface area (Å²) in [6, 6.07) is 1.44. The van der Waals surface area contributed by atoms with Gasteiger partial charge in [0, 0.05) is 18.9 Å². The first kappa shape index (κ1) is 22.3.